The van der Waals surface area contributed by atoms with Gasteiger partial charge in [0.05, 0.1) is 0 Å². The third-order valence-corrected chi connectivity index (χ3v) is 5.04. The van der Waals surface area contributed by atoms with Gasteiger partial charge in [-0.05, 0) is 43.3 Å². The summed E-state index contributed by atoms with van der Waals surface area (Å²) in [6.07, 6.45) is 1.73. The molecule has 0 unspecified atom stereocenters. The van der Waals surface area contributed by atoms with E-state index in [1.165, 1.54) is 12.1 Å². The van der Waals surface area contributed by atoms with Crippen molar-refractivity contribution in [3.8, 4) is 0 Å². The van der Waals surface area contributed by atoms with Crippen LogP contribution in [0.5, 0.6) is 0 Å². The Labute approximate surface area is 173 Å². The smallest absolute Gasteiger partial charge is 0.304 e. The van der Waals surface area contributed by atoms with Crippen LogP contribution in [0.15, 0.2) is 78.9 Å². The van der Waals surface area contributed by atoms with Crippen molar-refractivity contribution in [1.82, 2.24) is 10.7 Å². The van der Waals surface area contributed by atoms with Crippen molar-refractivity contribution in [3.63, 3.8) is 0 Å². The number of carbonyl (C=O) groups is 2. The van der Waals surface area contributed by atoms with E-state index in [9.17, 15) is 14.0 Å². The summed E-state index contributed by atoms with van der Waals surface area (Å²) in [5.41, 5.74) is 5.99. The van der Waals surface area contributed by atoms with E-state index in [-0.39, 0.29) is 17.6 Å². The number of benzene rings is 3. The molecule has 4 rings (SSSR count). The van der Waals surface area contributed by atoms with Crippen LogP contribution < -0.4 is 10.7 Å². The van der Waals surface area contributed by atoms with Gasteiger partial charge in [-0.25, -0.2) is 4.39 Å². The van der Waals surface area contributed by atoms with Gasteiger partial charge in [-0.2, -0.15) is 0 Å². The highest BCUT2D eigenvalue weighted by atomic mass is 19.1. The van der Waals surface area contributed by atoms with Gasteiger partial charge < -0.3 is 5.32 Å². The van der Waals surface area contributed by atoms with Gasteiger partial charge >= 0.3 is 5.91 Å². The summed E-state index contributed by atoms with van der Waals surface area (Å²) in [5.74, 6) is -0.972. The number of halogens is 1. The fraction of sp³-hybridized carbons (Fsp3) is 0.125. The molecule has 2 N–H and O–H groups in total. The minimum atomic E-state index is -0.794. The number of hydrazone groups is 1. The molecule has 1 saturated heterocycles. The Bertz CT molecular complexity index is 1090. The molecule has 3 aromatic rings. The zero-order chi connectivity index (χ0) is 21.1. The van der Waals surface area contributed by atoms with Gasteiger partial charge in [0.15, 0.2) is 6.04 Å². The standard InChI is InChI=1S/C24H20FN3O2/c1-16-7-11-18(12-8-16)22-21(26-23(29)19-5-3-2-4-6-19)24(30)27-28(22)15-17-9-13-20(25)14-10-17/h2-15,21-22H,1H3,(H-,26,27,29,30)/p+1/b28-15-/t21-,22-/m0/s1. The second kappa shape index (κ2) is 8.29. The third-order valence-electron chi connectivity index (χ3n) is 5.04. The fourth-order valence-electron chi connectivity index (χ4n) is 3.47. The molecule has 0 bridgehead atoms. The summed E-state index contributed by atoms with van der Waals surface area (Å²) in [7, 11) is 0. The van der Waals surface area contributed by atoms with Crippen molar-refractivity contribution in [2.45, 2.75) is 19.0 Å². The van der Waals surface area contributed by atoms with Gasteiger partial charge in [-0.3, -0.25) is 9.59 Å². The minimum Gasteiger partial charge on any atom is -0.334 e. The van der Waals surface area contributed by atoms with Crippen LogP contribution in [0.25, 0.3) is 0 Å². The largest absolute Gasteiger partial charge is 0.334 e. The molecule has 5 nitrogen and oxygen atoms in total. The molecular weight excluding hydrogens is 381 g/mol. The van der Waals surface area contributed by atoms with Crippen molar-refractivity contribution in [2.24, 2.45) is 0 Å². The molecule has 1 fully saturated rings. The SMILES string of the molecule is Cc1ccc([C@H]2[C@H](NC(=O)c3ccccc3)C(=O)N/[N+]2=C\c2ccc(F)cc2)cc1. The second-order valence-corrected chi connectivity index (χ2v) is 7.24. The second-order valence-electron chi connectivity index (χ2n) is 7.24. The van der Waals surface area contributed by atoms with Gasteiger partial charge in [0.25, 0.3) is 5.91 Å². The monoisotopic (exact) mass is 402 g/mol. The number of amides is 2. The highest BCUT2D eigenvalue weighted by Gasteiger charge is 2.47. The molecule has 0 saturated carbocycles. The van der Waals surface area contributed by atoms with Crippen LogP contribution in [0.1, 0.15) is 33.1 Å². The Morgan fingerprint density at radius 2 is 1.67 bits per heavy atom. The summed E-state index contributed by atoms with van der Waals surface area (Å²) in [5, 5.41) is 2.86. The van der Waals surface area contributed by atoms with E-state index in [4.69, 9.17) is 0 Å². The number of rotatable bonds is 4. The first-order valence-corrected chi connectivity index (χ1v) is 9.63. The molecule has 0 aliphatic carbocycles. The van der Waals surface area contributed by atoms with Gasteiger partial charge in [-0.15, -0.1) is 10.1 Å². The van der Waals surface area contributed by atoms with Crippen LogP contribution in [0, 0.1) is 12.7 Å². The molecule has 2 atom stereocenters. The zero-order valence-electron chi connectivity index (χ0n) is 16.4. The Balaban J connectivity index is 1.70. The van der Waals surface area contributed by atoms with Crippen molar-refractivity contribution in [2.75, 3.05) is 0 Å². The molecule has 0 aromatic heterocycles. The zero-order valence-corrected chi connectivity index (χ0v) is 16.4. The van der Waals surface area contributed by atoms with Crippen LogP contribution in [0.3, 0.4) is 0 Å². The average molecular weight is 402 g/mol. The molecule has 0 radical (unpaired) electrons. The molecule has 3 aromatic carbocycles. The summed E-state index contributed by atoms with van der Waals surface area (Å²) in [6.45, 7) is 1.99. The lowest BCUT2D eigenvalue weighted by atomic mass is 9.98. The number of hydrogen-bond donors (Lipinski definition) is 2. The summed E-state index contributed by atoms with van der Waals surface area (Å²) in [6, 6.07) is 21.3. The van der Waals surface area contributed by atoms with Gasteiger partial charge in [0.2, 0.25) is 12.3 Å². The molecule has 1 aliphatic heterocycles. The number of nitrogens with zero attached hydrogens (tertiary/aromatic N) is 1. The molecule has 2 amide bonds. The number of hydrazine groups is 1. The quantitative estimate of drug-likeness (QED) is 0.659. The first-order chi connectivity index (χ1) is 14.5. The van der Waals surface area contributed by atoms with Crippen LogP contribution in [-0.4, -0.2) is 28.8 Å². The summed E-state index contributed by atoms with van der Waals surface area (Å²) in [4.78, 5) is 25.5. The fourth-order valence-corrected chi connectivity index (χ4v) is 3.47. The van der Waals surface area contributed by atoms with Crippen molar-refractivity contribution in [3.05, 3.63) is 107 Å². The Kier molecular flexibility index (Phi) is 5.39. The minimum absolute atomic E-state index is 0.316. The van der Waals surface area contributed by atoms with Crippen LogP contribution in [0.2, 0.25) is 0 Å². The lowest BCUT2D eigenvalue weighted by Crippen LogP contribution is -2.42. The van der Waals surface area contributed by atoms with Gasteiger partial charge in [-0.1, -0.05) is 48.0 Å². The first-order valence-electron chi connectivity index (χ1n) is 9.63. The van der Waals surface area contributed by atoms with E-state index in [0.717, 1.165) is 16.7 Å². The van der Waals surface area contributed by atoms with Crippen LogP contribution in [0.4, 0.5) is 4.39 Å². The topological polar surface area (TPSA) is 61.2 Å². The lowest BCUT2D eigenvalue weighted by Gasteiger charge is -2.15. The molecule has 6 heteroatoms. The van der Waals surface area contributed by atoms with E-state index >= 15 is 0 Å². The van der Waals surface area contributed by atoms with E-state index in [2.05, 4.69) is 10.7 Å². The van der Waals surface area contributed by atoms with Gasteiger partial charge in [0.1, 0.15) is 5.82 Å². The summed E-state index contributed by atoms with van der Waals surface area (Å²) >= 11 is 0. The Morgan fingerprint density at radius 1 is 1.00 bits per heavy atom. The van der Waals surface area contributed by atoms with Crippen molar-refractivity contribution < 1.29 is 18.7 Å². The van der Waals surface area contributed by atoms with E-state index in [0.29, 0.717) is 5.56 Å². The first kappa shape index (κ1) is 19.5. The van der Waals surface area contributed by atoms with Crippen LogP contribution >= 0.6 is 0 Å². The number of hydrogen-bond acceptors (Lipinski definition) is 2. The lowest BCUT2D eigenvalue weighted by molar-refractivity contribution is -0.596. The molecular formula is C24H21FN3O2+. The summed E-state index contributed by atoms with van der Waals surface area (Å²) < 4.78 is 14.9. The predicted molar refractivity (Wildman–Crippen MR) is 112 cm³/mol. The van der Waals surface area contributed by atoms with Crippen LogP contribution in [-0.2, 0) is 4.79 Å². The highest BCUT2D eigenvalue weighted by Crippen LogP contribution is 2.26. The van der Waals surface area contributed by atoms with Crippen molar-refractivity contribution >= 4 is 18.0 Å². The third kappa shape index (κ3) is 4.12. The van der Waals surface area contributed by atoms with E-state index in [1.807, 2.05) is 37.3 Å². The molecule has 0 spiro atoms. The van der Waals surface area contributed by atoms with E-state index < -0.39 is 12.1 Å². The maximum absolute atomic E-state index is 13.3. The van der Waals surface area contributed by atoms with E-state index in [1.54, 1.807) is 47.3 Å². The number of aryl methyl sites for hydroxylation is 1. The molecule has 150 valence electrons. The maximum Gasteiger partial charge on any atom is 0.304 e. The predicted octanol–water partition coefficient (Wildman–Crippen LogP) is 3.15. The number of carbonyl (C=O) groups excluding carboxylic acids is 2. The maximum atomic E-state index is 13.3. The molecule has 30 heavy (non-hydrogen) atoms. The number of nitrogens with one attached hydrogen (secondary N) is 2. The van der Waals surface area contributed by atoms with Gasteiger partial charge in [0, 0.05) is 16.7 Å². The normalized spacial score (nSPS) is 19.5. The highest BCUT2D eigenvalue weighted by molar-refractivity contribution is 5.98. The van der Waals surface area contributed by atoms with Crippen molar-refractivity contribution in [1.29, 1.82) is 0 Å². The Hall–Kier alpha value is -3.80. The molecule has 1 heterocycles. The Morgan fingerprint density at radius 3 is 2.33 bits per heavy atom. The average Bonchev–Trinajstić information content (AvgIpc) is 3.05. The molecule has 1 aliphatic rings.